The average molecular weight is 241 g/mol. The number of nitrogens with one attached hydrogen (secondary N) is 1. The van der Waals surface area contributed by atoms with E-state index in [1.54, 1.807) is 0 Å². The maximum atomic E-state index is 9.79. The first kappa shape index (κ1) is 13.3. The van der Waals surface area contributed by atoms with E-state index < -0.39 is 0 Å². The van der Waals surface area contributed by atoms with E-state index in [1.165, 1.54) is 12.8 Å². The zero-order valence-electron chi connectivity index (χ0n) is 11.2. The molecule has 100 valence electrons. The Balaban J connectivity index is 1.71. The number of ether oxygens (including phenoxy) is 1. The molecule has 2 rings (SSSR count). The lowest BCUT2D eigenvalue weighted by atomic mass is 9.95. The van der Waals surface area contributed by atoms with Crippen LogP contribution >= 0.6 is 0 Å². The van der Waals surface area contributed by atoms with Gasteiger partial charge in [0, 0.05) is 19.2 Å². The molecule has 1 aliphatic heterocycles. The van der Waals surface area contributed by atoms with Crippen LogP contribution in [0.4, 0.5) is 0 Å². The smallest absolute Gasteiger partial charge is 0.0612 e. The van der Waals surface area contributed by atoms with Gasteiger partial charge in [-0.05, 0) is 37.5 Å². The van der Waals surface area contributed by atoms with E-state index in [0.717, 1.165) is 32.4 Å². The fraction of sp³-hybridized carbons (Fsp3) is 1.00. The number of aliphatic hydroxyl groups excluding tert-OH is 1. The quantitative estimate of drug-likeness (QED) is 0.790. The number of aliphatic hydroxyl groups is 1. The Hall–Kier alpha value is -0.120. The van der Waals surface area contributed by atoms with Crippen LogP contribution in [0.3, 0.4) is 0 Å². The summed E-state index contributed by atoms with van der Waals surface area (Å²) < 4.78 is 5.77. The minimum Gasteiger partial charge on any atom is -0.393 e. The van der Waals surface area contributed by atoms with Crippen molar-refractivity contribution in [3.8, 4) is 0 Å². The summed E-state index contributed by atoms with van der Waals surface area (Å²) in [5.41, 5.74) is 0. The molecule has 2 N–H and O–H groups in total. The zero-order valence-corrected chi connectivity index (χ0v) is 11.2. The Morgan fingerprint density at radius 3 is 2.76 bits per heavy atom. The molecule has 17 heavy (non-hydrogen) atoms. The maximum Gasteiger partial charge on any atom is 0.0612 e. The summed E-state index contributed by atoms with van der Waals surface area (Å²) in [6, 6.07) is 0.587. The highest BCUT2D eigenvalue weighted by Gasteiger charge is 2.28. The number of hydrogen-bond acceptors (Lipinski definition) is 3. The second-order valence-electron chi connectivity index (χ2n) is 6.04. The SMILES string of the molecule is CC(C)C1CC(NCC2CCCC2O)CCO1. The van der Waals surface area contributed by atoms with Crippen LogP contribution in [0.25, 0.3) is 0 Å². The molecule has 1 saturated carbocycles. The molecular weight excluding hydrogens is 214 g/mol. The molecule has 3 nitrogen and oxygen atoms in total. The lowest BCUT2D eigenvalue weighted by molar-refractivity contribution is -0.0253. The molecule has 0 aromatic carbocycles. The van der Waals surface area contributed by atoms with Crippen LogP contribution in [-0.4, -0.2) is 36.5 Å². The van der Waals surface area contributed by atoms with Gasteiger partial charge in [-0.2, -0.15) is 0 Å². The van der Waals surface area contributed by atoms with Gasteiger partial charge in [0.2, 0.25) is 0 Å². The molecule has 4 atom stereocenters. The lowest BCUT2D eigenvalue weighted by Gasteiger charge is -2.33. The van der Waals surface area contributed by atoms with Crippen molar-refractivity contribution >= 4 is 0 Å². The Morgan fingerprint density at radius 1 is 1.29 bits per heavy atom. The Bertz CT molecular complexity index is 232. The van der Waals surface area contributed by atoms with Crippen LogP contribution in [0.15, 0.2) is 0 Å². The fourth-order valence-electron chi connectivity index (χ4n) is 3.05. The lowest BCUT2D eigenvalue weighted by Crippen LogP contribution is -2.43. The van der Waals surface area contributed by atoms with Crippen molar-refractivity contribution in [1.29, 1.82) is 0 Å². The van der Waals surface area contributed by atoms with Gasteiger partial charge in [-0.25, -0.2) is 0 Å². The van der Waals surface area contributed by atoms with E-state index in [9.17, 15) is 5.11 Å². The molecule has 0 aromatic heterocycles. The largest absolute Gasteiger partial charge is 0.393 e. The molecular formula is C14H27NO2. The second kappa shape index (κ2) is 6.17. The molecule has 0 radical (unpaired) electrons. The van der Waals surface area contributed by atoms with E-state index in [2.05, 4.69) is 19.2 Å². The summed E-state index contributed by atoms with van der Waals surface area (Å²) in [7, 11) is 0. The molecule has 3 heteroatoms. The van der Waals surface area contributed by atoms with Crippen LogP contribution in [0.1, 0.15) is 46.0 Å². The Labute approximate surface area is 105 Å². The third-order valence-electron chi connectivity index (χ3n) is 4.35. The van der Waals surface area contributed by atoms with E-state index in [-0.39, 0.29) is 6.10 Å². The maximum absolute atomic E-state index is 9.79. The van der Waals surface area contributed by atoms with Crippen molar-refractivity contribution in [2.45, 2.75) is 64.2 Å². The van der Waals surface area contributed by atoms with Gasteiger partial charge >= 0.3 is 0 Å². The molecule has 0 amide bonds. The van der Waals surface area contributed by atoms with Crippen LogP contribution < -0.4 is 5.32 Å². The Kier molecular flexibility index (Phi) is 4.83. The summed E-state index contributed by atoms with van der Waals surface area (Å²) >= 11 is 0. The summed E-state index contributed by atoms with van der Waals surface area (Å²) in [6.45, 7) is 6.33. The van der Waals surface area contributed by atoms with E-state index in [4.69, 9.17) is 4.74 Å². The van der Waals surface area contributed by atoms with Gasteiger partial charge in [0.25, 0.3) is 0 Å². The van der Waals surface area contributed by atoms with Gasteiger partial charge in [-0.15, -0.1) is 0 Å². The molecule has 1 heterocycles. The molecule has 0 aromatic rings. The van der Waals surface area contributed by atoms with Crippen LogP contribution in [0.2, 0.25) is 0 Å². The first-order valence-corrected chi connectivity index (χ1v) is 7.20. The molecule has 0 spiro atoms. The van der Waals surface area contributed by atoms with Gasteiger partial charge in [0.1, 0.15) is 0 Å². The van der Waals surface area contributed by atoms with E-state index in [1.807, 2.05) is 0 Å². The molecule has 1 saturated heterocycles. The van der Waals surface area contributed by atoms with E-state index in [0.29, 0.717) is 24.0 Å². The highest BCUT2D eigenvalue weighted by atomic mass is 16.5. The molecule has 1 aliphatic carbocycles. The number of hydrogen-bond donors (Lipinski definition) is 2. The molecule has 2 aliphatic rings. The molecule has 2 fully saturated rings. The van der Waals surface area contributed by atoms with E-state index >= 15 is 0 Å². The van der Waals surface area contributed by atoms with Crippen molar-refractivity contribution in [3.63, 3.8) is 0 Å². The molecule has 0 bridgehead atoms. The topological polar surface area (TPSA) is 41.5 Å². The second-order valence-corrected chi connectivity index (χ2v) is 6.04. The van der Waals surface area contributed by atoms with Crippen LogP contribution in [0, 0.1) is 11.8 Å². The predicted molar refractivity (Wildman–Crippen MR) is 69.0 cm³/mol. The molecule has 4 unspecified atom stereocenters. The third kappa shape index (κ3) is 3.67. The van der Waals surface area contributed by atoms with Crippen molar-refractivity contribution in [1.82, 2.24) is 5.32 Å². The summed E-state index contributed by atoms with van der Waals surface area (Å²) in [6.07, 6.45) is 5.96. The van der Waals surface area contributed by atoms with Crippen LogP contribution in [-0.2, 0) is 4.74 Å². The normalized spacial score (nSPS) is 38.8. The monoisotopic (exact) mass is 241 g/mol. The van der Waals surface area contributed by atoms with Crippen molar-refractivity contribution < 1.29 is 9.84 Å². The average Bonchev–Trinajstić information content (AvgIpc) is 2.72. The summed E-state index contributed by atoms with van der Waals surface area (Å²) in [5.74, 6) is 1.09. The van der Waals surface area contributed by atoms with Crippen molar-refractivity contribution in [2.75, 3.05) is 13.2 Å². The first-order chi connectivity index (χ1) is 8.16. The van der Waals surface area contributed by atoms with Crippen molar-refractivity contribution in [3.05, 3.63) is 0 Å². The highest BCUT2D eigenvalue weighted by molar-refractivity contribution is 4.83. The standard InChI is InChI=1S/C14H27NO2/c1-10(2)14-8-12(6-7-17-14)15-9-11-4-3-5-13(11)16/h10-16H,3-9H2,1-2H3. The summed E-state index contributed by atoms with van der Waals surface area (Å²) in [4.78, 5) is 0. The highest BCUT2D eigenvalue weighted by Crippen LogP contribution is 2.26. The predicted octanol–water partition coefficient (Wildman–Crippen LogP) is 1.94. The fourth-order valence-corrected chi connectivity index (χ4v) is 3.05. The number of rotatable bonds is 4. The minimum atomic E-state index is -0.0664. The van der Waals surface area contributed by atoms with Gasteiger partial charge in [-0.3, -0.25) is 0 Å². The summed E-state index contributed by atoms with van der Waals surface area (Å²) in [5, 5.41) is 13.4. The van der Waals surface area contributed by atoms with Gasteiger partial charge < -0.3 is 15.2 Å². The Morgan fingerprint density at radius 2 is 2.12 bits per heavy atom. The van der Waals surface area contributed by atoms with Gasteiger partial charge in [-0.1, -0.05) is 20.3 Å². The van der Waals surface area contributed by atoms with Crippen LogP contribution in [0.5, 0.6) is 0 Å². The first-order valence-electron chi connectivity index (χ1n) is 7.20. The minimum absolute atomic E-state index is 0.0664. The van der Waals surface area contributed by atoms with Gasteiger partial charge in [0.05, 0.1) is 12.2 Å². The zero-order chi connectivity index (χ0) is 12.3. The van der Waals surface area contributed by atoms with Crippen molar-refractivity contribution in [2.24, 2.45) is 11.8 Å². The van der Waals surface area contributed by atoms with Gasteiger partial charge in [0.15, 0.2) is 0 Å². The third-order valence-corrected chi connectivity index (χ3v) is 4.35.